The number of unbranched alkanes of at least 4 members (excludes halogenated alkanes) is 8. The van der Waals surface area contributed by atoms with Gasteiger partial charge in [-0.1, -0.05) is 58.3 Å². The highest BCUT2D eigenvalue weighted by Crippen LogP contribution is 2.12. The monoisotopic (exact) mass is 282 g/mol. The van der Waals surface area contributed by atoms with E-state index in [4.69, 9.17) is 0 Å². The average Bonchev–Trinajstić information content (AvgIpc) is 2.46. The number of rotatable bonds is 10. The lowest BCUT2D eigenvalue weighted by Gasteiger charge is -2.34. The molecule has 1 unspecified atom stereocenters. The lowest BCUT2D eigenvalue weighted by molar-refractivity contribution is -0.134. The first-order chi connectivity index (χ1) is 9.75. The molecule has 0 aromatic rings. The van der Waals surface area contributed by atoms with Crippen molar-refractivity contribution < 1.29 is 4.79 Å². The molecule has 1 fully saturated rings. The van der Waals surface area contributed by atoms with Gasteiger partial charge in [-0.25, -0.2) is 0 Å². The van der Waals surface area contributed by atoms with Crippen molar-refractivity contribution >= 4 is 5.91 Å². The molecule has 1 N–H and O–H groups in total. The first kappa shape index (κ1) is 17.5. The highest BCUT2D eigenvalue weighted by Gasteiger charge is 2.21. The molecule has 1 aliphatic heterocycles. The summed E-state index contributed by atoms with van der Waals surface area (Å²) in [6.07, 6.45) is 12.6. The van der Waals surface area contributed by atoms with Crippen LogP contribution in [0.5, 0.6) is 0 Å². The fourth-order valence-corrected chi connectivity index (χ4v) is 2.94. The first-order valence-corrected chi connectivity index (χ1v) is 8.76. The number of carbonyl (C=O) groups is 1. The Hall–Kier alpha value is -0.570. The molecule has 3 nitrogen and oxygen atoms in total. The number of nitrogens with one attached hydrogen (secondary N) is 1. The number of hydrogen-bond donors (Lipinski definition) is 1. The minimum absolute atomic E-state index is 0.363. The molecule has 0 radical (unpaired) electrons. The van der Waals surface area contributed by atoms with E-state index >= 15 is 0 Å². The number of nitrogens with zero attached hydrogens (tertiary/aromatic N) is 1. The zero-order valence-corrected chi connectivity index (χ0v) is 13.6. The van der Waals surface area contributed by atoms with Gasteiger partial charge in [0.05, 0.1) is 0 Å². The van der Waals surface area contributed by atoms with Crippen LogP contribution in [0.15, 0.2) is 0 Å². The molecule has 1 rings (SSSR count). The first-order valence-electron chi connectivity index (χ1n) is 8.76. The Kier molecular flexibility index (Phi) is 9.73. The summed E-state index contributed by atoms with van der Waals surface area (Å²) in [6, 6.07) is 0.370. The van der Waals surface area contributed by atoms with Gasteiger partial charge in [-0.15, -0.1) is 0 Å². The molecule has 20 heavy (non-hydrogen) atoms. The summed E-state index contributed by atoms with van der Waals surface area (Å²) in [4.78, 5) is 14.2. The van der Waals surface area contributed by atoms with Crippen LogP contribution in [-0.2, 0) is 4.79 Å². The molecule has 0 aromatic carbocycles. The van der Waals surface area contributed by atoms with Gasteiger partial charge in [0.15, 0.2) is 0 Å². The van der Waals surface area contributed by atoms with E-state index in [1.54, 1.807) is 0 Å². The van der Waals surface area contributed by atoms with Crippen LogP contribution in [0.4, 0.5) is 0 Å². The highest BCUT2D eigenvalue weighted by atomic mass is 16.2. The van der Waals surface area contributed by atoms with Crippen molar-refractivity contribution in [3.05, 3.63) is 0 Å². The second kappa shape index (κ2) is 11.1. The topological polar surface area (TPSA) is 32.3 Å². The Labute approximate surface area is 125 Å². The predicted octanol–water partition coefficient (Wildman–Crippen LogP) is 3.73. The van der Waals surface area contributed by atoms with Gasteiger partial charge in [0, 0.05) is 32.1 Å². The largest absolute Gasteiger partial charge is 0.337 e. The van der Waals surface area contributed by atoms with Crippen LogP contribution >= 0.6 is 0 Å². The molecular weight excluding hydrogens is 248 g/mol. The quantitative estimate of drug-likeness (QED) is 0.619. The lowest BCUT2D eigenvalue weighted by Crippen LogP contribution is -2.52. The van der Waals surface area contributed by atoms with Gasteiger partial charge in [-0.3, -0.25) is 4.79 Å². The molecule has 0 aliphatic carbocycles. The molecule has 0 spiro atoms. The summed E-state index contributed by atoms with van der Waals surface area (Å²) in [5.74, 6) is 0.363. The molecule has 3 heteroatoms. The van der Waals surface area contributed by atoms with Gasteiger partial charge in [-0.05, 0) is 13.3 Å². The summed E-state index contributed by atoms with van der Waals surface area (Å²) >= 11 is 0. The van der Waals surface area contributed by atoms with Crippen molar-refractivity contribution in [2.75, 3.05) is 19.6 Å². The van der Waals surface area contributed by atoms with Crippen LogP contribution in [0.3, 0.4) is 0 Å². The molecule has 118 valence electrons. The Morgan fingerprint density at radius 1 is 1.05 bits per heavy atom. The fraction of sp³-hybridized carbons (Fsp3) is 0.941. The van der Waals surface area contributed by atoms with E-state index in [2.05, 4.69) is 24.1 Å². The number of carbonyl (C=O) groups excluding carboxylic acids is 1. The zero-order valence-electron chi connectivity index (χ0n) is 13.6. The molecule has 0 aromatic heterocycles. The third kappa shape index (κ3) is 7.28. The number of hydrogen-bond acceptors (Lipinski definition) is 2. The molecule has 1 amide bonds. The molecule has 0 bridgehead atoms. The molecule has 1 saturated heterocycles. The van der Waals surface area contributed by atoms with Gasteiger partial charge in [-0.2, -0.15) is 0 Å². The van der Waals surface area contributed by atoms with Crippen LogP contribution < -0.4 is 5.32 Å². The van der Waals surface area contributed by atoms with Gasteiger partial charge in [0.2, 0.25) is 5.91 Å². The van der Waals surface area contributed by atoms with Gasteiger partial charge < -0.3 is 10.2 Å². The van der Waals surface area contributed by atoms with E-state index in [9.17, 15) is 4.79 Å². The molecular formula is C17H34N2O. The summed E-state index contributed by atoms with van der Waals surface area (Å²) in [5.41, 5.74) is 0. The smallest absolute Gasteiger partial charge is 0.222 e. The second-order valence-corrected chi connectivity index (χ2v) is 6.22. The maximum atomic E-state index is 12.1. The molecule has 1 aliphatic rings. The molecule has 1 atom stereocenters. The second-order valence-electron chi connectivity index (χ2n) is 6.22. The summed E-state index contributed by atoms with van der Waals surface area (Å²) in [5, 5.41) is 3.33. The summed E-state index contributed by atoms with van der Waals surface area (Å²) in [6.45, 7) is 7.19. The van der Waals surface area contributed by atoms with Crippen LogP contribution in [-0.4, -0.2) is 36.5 Å². The van der Waals surface area contributed by atoms with Gasteiger partial charge in [0.1, 0.15) is 0 Å². The van der Waals surface area contributed by atoms with Crippen LogP contribution in [0, 0.1) is 0 Å². The van der Waals surface area contributed by atoms with E-state index in [0.717, 1.165) is 32.5 Å². The van der Waals surface area contributed by atoms with Crippen molar-refractivity contribution in [1.29, 1.82) is 0 Å². The zero-order chi connectivity index (χ0) is 14.6. The maximum absolute atomic E-state index is 12.1. The van der Waals surface area contributed by atoms with Crippen LogP contribution in [0.25, 0.3) is 0 Å². The number of piperazine rings is 1. The standard InChI is InChI=1S/C17H34N2O/c1-3-4-5-6-7-8-9-10-11-12-17(20)19-14-13-18-15-16(19)2/h16,18H,3-15H2,1-2H3. The van der Waals surface area contributed by atoms with E-state index in [1.165, 1.54) is 51.4 Å². The van der Waals surface area contributed by atoms with E-state index in [1.807, 2.05) is 0 Å². The van der Waals surface area contributed by atoms with Crippen LogP contribution in [0.1, 0.15) is 78.1 Å². The SMILES string of the molecule is CCCCCCCCCCCC(=O)N1CCNCC1C. The third-order valence-electron chi connectivity index (χ3n) is 4.32. The minimum Gasteiger partial charge on any atom is -0.337 e. The van der Waals surface area contributed by atoms with Gasteiger partial charge >= 0.3 is 0 Å². The van der Waals surface area contributed by atoms with Crippen molar-refractivity contribution in [3.8, 4) is 0 Å². The van der Waals surface area contributed by atoms with Crippen molar-refractivity contribution in [3.63, 3.8) is 0 Å². The van der Waals surface area contributed by atoms with E-state index in [-0.39, 0.29) is 0 Å². The van der Waals surface area contributed by atoms with Crippen molar-refractivity contribution in [2.45, 2.75) is 84.1 Å². The van der Waals surface area contributed by atoms with E-state index < -0.39 is 0 Å². The Morgan fingerprint density at radius 2 is 1.65 bits per heavy atom. The molecule has 1 heterocycles. The predicted molar refractivity (Wildman–Crippen MR) is 85.9 cm³/mol. The van der Waals surface area contributed by atoms with Crippen LogP contribution in [0.2, 0.25) is 0 Å². The fourth-order valence-electron chi connectivity index (χ4n) is 2.94. The lowest BCUT2D eigenvalue weighted by atomic mass is 10.1. The highest BCUT2D eigenvalue weighted by molar-refractivity contribution is 5.76. The average molecular weight is 282 g/mol. The van der Waals surface area contributed by atoms with Crippen molar-refractivity contribution in [2.24, 2.45) is 0 Å². The number of amides is 1. The minimum atomic E-state index is 0.363. The normalized spacial score (nSPS) is 19.3. The summed E-state index contributed by atoms with van der Waals surface area (Å²) < 4.78 is 0. The van der Waals surface area contributed by atoms with Gasteiger partial charge in [0.25, 0.3) is 0 Å². The maximum Gasteiger partial charge on any atom is 0.222 e. The van der Waals surface area contributed by atoms with Crippen molar-refractivity contribution in [1.82, 2.24) is 10.2 Å². The summed E-state index contributed by atoms with van der Waals surface area (Å²) in [7, 11) is 0. The third-order valence-corrected chi connectivity index (χ3v) is 4.32. The Bertz CT molecular complexity index is 255. The van der Waals surface area contributed by atoms with E-state index in [0.29, 0.717) is 11.9 Å². The Balaban J connectivity index is 1.94. The Morgan fingerprint density at radius 3 is 2.25 bits per heavy atom. The molecule has 0 saturated carbocycles.